The first-order valence-electron chi connectivity index (χ1n) is 10.6. The van der Waals surface area contributed by atoms with Gasteiger partial charge >= 0.3 is 12.1 Å². The van der Waals surface area contributed by atoms with E-state index in [1.807, 2.05) is 48.5 Å². The van der Waals surface area contributed by atoms with Crippen molar-refractivity contribution in [3.05, 3.63) is 65.5 Å². The van der Waals surface area contributed by atoms with Crippen LogP contribution in [0.5, 0.6) is 0 Å². The molecule has 5 rings (SSSR count). The zero-order chi connectivity index (χ0) is 23.0. The summed E-state index contributed by atoms with van der Waals surface area (Å²) in [6, 6.07) is 16.0. The minimum atomic E-state index is -1.27. The van der Waals surface area contributed by atoms with Crippen molar-refractivity contribution in [3.8, 4) is 11.1 Å². The molecule has 0 radical (unpaired) electrons. The Balaban J connectivity index is 1.21. The highest BCUT2D eigenvalue weighted by Crippen LogP contribution is 2.44. The van der Waals surface area contributed by atoms with Crippen LogP contribution in [0.25, 0.3) is 11.1 Å². The summed E-state index contributed by atoms with van der Waals surface area (Å²) in [4.78, 5) is 40.0. The van der Waals surface area contributed by atoms with Crippen molar-refractivity contribution in [1.29, 1.82) is 0 Å². The summed E-state index contributed by atoms with van der Waals surface area (Å²) in [5.41, 5.74) is 3.15. The molecule has 1 heterocycles. The van der Waals surface area contributed by atoms with Gasteiger partial charge < -0.3 is 15.2 Å². The predicted octanol–water partition coefficient (Wildman–Crippen LogP) is 2.90. The van der Waals surface area contributed by atoms with Crippen molar-refractivity contribution in [2.45, 2.75) is 30.7 Å². The molecule has 0 atom stereocenters. The summed E-state index contributed by atoms with van der Waals surface area (Å²) < 4.78 is 5.43. The lowest BCUT2D eigenvalue weighted by Gasteiger charge is -2.37. The lowest BCUT2D eigenvalue weighted by atomic mass is 9.77. The first kappa shape index (κ1) is 20.7. The van der Waals surface area contributed by atoms with Gasteiger partial charge in [0.2, 0.25) is 5.82 Å². The van der Waals surface area contributed by atoms with Crippen molar-refractivity contribution in [2.24, 2.45) is 0 Å². The van der Waals surface area contributed by atoms with Gasteiger partial charge in [0.1, 0.15) is 12.1 Å². The maximum atomic E-state index is 12.3. The van der Waals surface area contributed by atoms with Gasteiger partial charge in [0.05, 0.1) is 0 Å². The Morgan fingerprint density at radius 1 is 1.06 bits per heavy atom. The van der Waals surface area contributed by atoms with Gasteiger partial charge in [-0.2, -0.15) is 4.98 Å². The molecule has 3 aromatic rings. The topological polar surface area (TPSA) is 146 Å². The molecule has 1 aromatic heterocycles. The first-order valence-corrected chi connectivity index (χ1v) is 10.6. The van der Waals surface area contributed by atoms with E-state index in [1.165, 1.54) is 0 Å². The summed E-state index contributed by atoms with van der Waals surface area (Å²) in [7, 11) is 0. The molecule has 1 saturated carbocycles. The fourth-order valence-electron chi connectivity index (χ4n) is 4.34. The Morgan fingerprint density at radius 3 is 2.27 bits per heavy atom. The molecule has 0 aliphatic heterocycles. The van der Waals surface area contributed by atoms with Crippen molar-refractivity contribution >= 4 is 23.9 Å². The number of fused-ring (bicyclic) bond motifs is 3. The van der Waals surface area contributed by atoms with E-state index in [0.29, 0.717) is 12.8 Å². The molecule has 0 bridgehead atoms. The van der Waals surface area contributed by atoms with Crippen LogP contribution in [0.1, 0.15) is 46.9 Å². The van der Waals surface area contributed by atoms with Crippen LogP contribution in [0, 0.1) is 0 Å². The highest BCUT2D eigenvalue weighted by molar-refractivity contribution is 5.96. The number of aromatic nitrogens is 3. The lowest BCUT2D eigenvalue weighted by molar-refractivity contribution is -0.148. The molecule has 4 N–H and O–H groups in total. The van der Waals surface area contributed by atoms with Gasteiger partial charge in [-0.25, -0.2) is 9.59 Å². The van der Waals surface area contributed by atoms with Crippen molar-refractivity contribution in [1.82, 2.24) is 20.5 Å². The zero-order valence-corrected chi connectivity index (χ0v) is 17.5. The second-order valence-corrected chi connectivity index (χ2v) is 8.15. The number of nitrogens with zero attached hydrogens (tertiary/aromatic N) is 2. The molecule has 1 fully saturated rings. The van der Waals surface area contributed by atoms with E-state index in [-0.39, 0.29) is 24.3 Å². The third-order valence-corrected chi connectivity index (χ3v) is 6.23. The average molecular weight is 447 g/mol. The maximum Gasteiger partial charge on any atom is 0.414 e. The molecule has 2 aliphatic carbocycles. The van der Waals surface area contributed by atoms with E-state index in [2.05, 4.69) is 25.8 Å². The van der Waals surface area contributed by atoms with E-state index in [1.54, 1.807) is 0 Å². The smallest absolute Gasteiger partial charge is 0.414 e. The zero-order valence-electron chi connectivity index (χ0n) is 17.5. The van der Waals surface area contributed by atoms with Gasteiger partial charge in [0, 0.05) is 5.92 Å². The number of aliphatic carboxylic acids is 1. The molecule has 10 nitrogen and oxygen atoms in total. The van der Waals surface area contributed by atoms with Crippen LogP contribution < -0.4 is 10.6 Å². The number of hydrogen-bond acceptors (Lipinski definition) is 6. The Bertz CT molecular complexity index is 1200. The number of ether oxygens (including phenoxy) is 1. The molecule has 10 heteroatoms. The van der Waals surface area contributed by atoms with Crippen LogP contribution in [0.15, 0.2) is 48.5 Å². The normalized spacial score (nSPS) is 15.6. The number of nitrogens with one attached hydrogen (secondary N) is 3. The number of H-pyrrole nitrogens is 1. The Morgan fingerprint density at radius 2 is 1.70 bits per heavy atom. The Labute approximate surface area is 188 Å². The van der Waals surface area contributed by atoms with Gasteiger partial charge in [-0.3, -0.25) is 15.2 Å². The number of carbonyl (C=O) groups excluding carboxylic acids is 2. The number of anilines is 1. The Hall–Kier alpha value is -4.21. The highest BCUT2D eigenvalue weighted by atomic mass is 16.5. The molecule has 2 amide bonds. The number of carboxylic acid groups (broad SMARTS) is 1. The molecule has 0 unspecified atom stereocenters. The fraction of sp³-hybridized carbons (Fsp3) is 0.261. The van der Waals surface area contributed by atoms with Gasteiger partial charge in [0.25, 0.3) is 11.9 Å². The van der Waals surface area contributed by atoms with Crippen LogP contribution in [0.3, 0.4) is 0 Å². The fourth-order valence-corrected chi connectivity index (χ4v) is 4.34. The summed E-state index contributed by atoms with van der Waals surface area (Å²) in [6.45, 7) is 0.124. The summed E-state index contributed by atoms with van der Waals surface area (Å²) in [5.74, 6) is -2.22. The molecule has 168 valence electrons. The van der Waals surface area contributed by atoms with Crippen LogP contribution in [-0.2, 0) is 9.53 Å². The molecular weight excluding hydrogens is 426 g/mol. The third kappa shape index (κ3) is 3.69. The predicted molar refractivity (Wildman–Crippen MR) is 117 cm³/mol. The van der Waals surface area contributed by atoms with Gasteiger partial charge in [-0.1, -0.05) is 48.5 Å². The maximum absolute atomic E-state index is 12.3. The van der Waals surface area contributed by atoms with Crippen molar-refractivity contribution in [2.75, 3.05) is 11.9 Å². The second kappa shape index (κ2) is 8.05. The van der Waals surface area contributed by atoms with E-state index >= 15 is 0 Å². The highest BCUT2D eigenvalue weighted by Gasteiger charge is 2.46. The van der Waals surface area contributed by atoms with Crippen molar-refractivity contribution < 1.29 is 24.2 Å². The molecule has 2 aromatic carbocycles. The summed E-state index contributed by atoms with van der Waals surface area (Å²) in [6.07, 6.45) is 0.668. The van der Waals surface area contributed by atoms with E-state index < -0.39 is 23.5 Å². The molecule has 33 heavy (non-hydrogen) atoms. The summed E-state index contributed by atoms with van der Waals surface area (Å²) >= 11 is 0. The molecular formula is C23H21N5O5. The van der Waals surface area contributed by atoms with Crippen LogP contribution >= 0.6 is 0 Å². The minimum Gasteiger partial charge on any atom is -0.480 e. The van der Waals surface area contributed by atoms with E-state index in [0.717, 1.165) is 28.7 Å². The largest absolute Gasteiger partial charge is 0.480 e. The number of benzene rings is 2. The molecule has 0 spiro atoms. The van der Waals surface area contributed by atoms with E-state index in [9.17, 15) is 19.5 Å². The monoisotopic (exact) mass is 447 g/mol. The number of carboxylic acids is 1. The van der Waals surface area contributed by atoms with Crippen LogP contribution in [0.2, 0.25) is 0 Å². The van der Waals surface area contributed by atoms with Crippen molar-refractivity contribution in [3.63, 3.8) is 0 Å². The Kier molecular flexibility index (Phi) is 5.04. The number of carbonyl (C=O) groups is 3. The van der Waals surface area contributed by atoms with E-state index in [4.69, 9.17) is 4.74 Å². The van der Waals surface area contributed by atoms with Gasteiger partial charge in [0.15, 0.2) is 0 Å². The number of aromatic amines is 1. The van der Waals surface area contributed by atoms with Crippen LogP contribution in [-0.4, -0.2) is 50.4 Å². The quantitative estimate of drug-likeness (QED) is 0.454. The number of hydrogen-bond donors (Lipinski definition) is 4. The third-order valence-electron chi connectivity index (χ3n) is 6.23. The standard InChI is InChI=1S/C23H21N5O5/c29-19(26-23(20(30)31)10-5-11-23)18-24-21(28-27-18)25-22(32)33-12-17-15-8-3-1-6-13(15)14-7-2-4-9-16(14)17/h1-4,6-9,17H,5,10-12H2,(H,26,29)(H,30,31)(H2,24,25,27,28,32). The lowest BCUT2D eigenvalue weighted by Crippen LogP contribution is -2.59. The second-order valence-electron chi connectivity index (χ2n) is 8.15. The van der Waals surface area contributed by atoms with Gasteiger partial charge in [-0.05, 0) is 41.5 Å². The van der Waals surface area contributed by atoms with Gasteiger partial charge in [-0.15, -0.1) is 5.10 Å². The number of rotatable bonds is 6. The number of amides is 2. The van der Waals surface area contributed by atoms with Crippen LogP contribution in [0.4, 0.5) is 10.7 Å². The summed E-state index contributed by atoms with van der Waals surface area (Å²) in [5, 5.41) is 20.4. The molecule has 0 saturated heterocycles. The SMILES string of the molecule is O=C(Nc1n[nH]c(C(=O)NC2(C(=O)O)CCC2)n1)OCC1c2ccccc2-c2ccccc21. The molecule has 2 aliphatic rings. The first-order chi connectivity index (χ1) is 16.0. The minimum absolute atomic E-state index is 0.0914. The average Bonchev–Trinajstić information content (AvgIpc) is 3.37.